The van der Waals surface area contributed by atoms with E-state index in [1.165, 1.54) is 6.42 Å². The molecule has 1 aliphatic heterocycles. The molecule has 4 nitrogen and oxygen atoms in total. The zero-order chi connectivity index (χ0) is 7.07. The fourth-order valence-corrected chi connectivity index (χ4v) is 0.895. The van der Waals surface area contributed by atoms with Crippen molar-refractivity contribution in [1.82, 2.24) is 21.5 Å². The van der Waals surface area contributed by atoms with Gasteiger partial charge in [0.05, 0.1) is 0 Å². The highest BCUT2D eigenvalue weighted by molar-refractivity contribution is 4.53. The van der Waals surface area contributed by atoms with Gasteiger partial charge in [-0.25, -0.2) is 0 Å². The van der Waals surface area contributed by atoms with Crippen molar-refractivity contribution < 1.29 is 0 Å². The van der Waals surface area contributed by atoms with Crippen molar-refractivity contribution in [3.05, 3.63) is 0 Å². The van der Waals surface area contributed by atoms with Crippen LogP contribution in [0.2, 0.25) is 0 Å². The first-order valence-corrected chi connectivity index (χ1v) is 3.87. The van der Waals surface area contributed by atoms with Gasteiger partial charge in [-0.2, -0.15) is 0 Å². The summed E-state index contributed by atoms with van der Waals surface area (Å²) >= 11 is 0. The van der Waals surface area contributed by atoms with Crippen molar-refractivity contribution in [2.24, 2.45) is 0 Å². The van der Waals surface area contributed by atoms with Crippen molar-refractivity contribution in [2.45, 2.75) is 6.42 Å². The molecule has 1 aliphatic rings. The van der Waals surface area contributed by atoms with E-state index in [0.717, 1.165) is 32.8 Å². The van der Waals surface area contributed by atoms with Crippen LogP contribution in [0.1, 0.15) is 6.42 Å². The van der Waals surface area contributed by atoms with Crippen LogP contribution in [0.15, 0.2) is 0 Å². The lowest BCUT2D eigenvalue weighted by Gasteiger charge is -2.11. The van der Waals surface area contributed by atoms with Crippen LogP contribution in [0.25, 0.3) is 0 Å². The molecule has 60 valence electrons. The quantitative estimate of drug-likeness (QED) is 0.338. The maximum Gasteiger partial charge on any atom is 0.0454 e. The zero-order valence-electron chi connectivity index (χ0n) is 6.24. The minimum atomic E-state index is 0.932. The summed E-state index contributed by atoms with van der Waals surface area (Å²) in [4.78, 5) is 0. The molecule has 0 radical (unpaired) electrons. The molecule has 0 aromatic rings. The molecular weight excluding hydrogens is 128 g/mol. The summed E-state index contributed by atoms with van der Waals surface area (Å²) in [6.45, 7) is 5.07. The molecule has 1 rings (SSSR count). The van der Waals surface area contributed by atoms with Gasteiger partial charge < -0.3 is 10.6 Å². The average molecular weight is 144 g/mol. The van der Waals surface area contributed by atoms with E-state index in [2.05, 4.69) is 21.5 Å². The Kier molecular flexibility index (Phi) is 4.46. The molecule has 0 atom stereocenters. The second kappa shape index (κ2) is 5.61. The zero-order valence-corrected chi connectivity index (χ0v) is 6.24. The largest absolute Gasteiger partial charge is 0.304 e. The molecule has 0 aromatic heterocycles. The first-order chi connectivity index (χ1) is 5.00. The summed E-state index contributed by atoms with van der Waals surface area (Å²) in [5.41, 5.74) is 6.24. The topological polar surface area (TPSA) is 48.1 Å². The van der Waals surface area contributed by atoms with Crippen LogP contribution in [-0.4, -0.2) is 32.8 Å². The molecule has 1 fully saturated rings. The van der Waals surface area contributed by atoms with Gasteiger partial charge in [-0.05, 0) is 13.0 Å². The number of hydrazine groups is 1. The van der Waals surface area contributed by atoms with Gasteiger partial charge in [-0.15, -0.1) is 0 Å². The molecular formula is C6H16N4. The van der Waals surface area contributed by atoms with Crippen LogP contribution in [0.4, 0.5) is 0 Å². The Labute approximate surface area is 61.7 Å². The molecule has 1 heterocycles. The van der Waals surface area contributed by atoms with Gasteiger partial charge in [0.2, 0.25) is 0 Å². The fraction of sp³-hybridized carbons (Fsp3) is 1.00. The number of nitrogens with one attached hydrogen (secondary N) is 4. The number of rotatable bonds is 0. The van der Waals surface area contributed by atoms with Gasteiger partial charge in [-0.1, -0.05) is 0 Å². The summed E-state index contributed by atoms with van der Waals surface area (Å²) in [6, 6.07) is 0. The maximum absolute atomic E-state index is 3.28. The molecule has 1 saturated heterocycles. The van der Waals surface area contributed by atoms with Crippen molar-refractivity contribution in [3.63, 3.8) is 0 Å². The SMILES string of the molecule is C1CNCNCCNNC1. The highest BCUT2D eigenvalue weighted by atomic mass is 15.4. The smallest absolute Gasteiger partial charge is 0.0454 e. The van der Waals surface area contributed by atoms with E-state index in [-0.39, 0.29) is 0 Å². The number of hydrogen-bond acceptors (Lipinski definition) is 4. The molecule has 0 unspecified atom stereocenters. The maximum atomic E-state index is 3.28. The highest BCUT2D eigenvalue weighted by Gasteiger charge is 1.91. The van der Waals surface area contributed by atoms with Gasteiger partial charge in [-0.3, -0.25) is 10.9 Å². The molecule has 0 amide bonds. The second-order valence-electron chi connectivity index (χ2n) is 2.38. The third kappa shape index (κ3) is 3.79. The minimum Gasteiger partial charge on any atom is -0.304 e. The van der Waals surface area contributed by atoms with E-state index in [1.54, 1.807) is 0 Å². The summed E-state index contributed by atoms with van der Waals surface area (Å²) in [5, 5.41) is 6.52. The molecule has 0 bridgehead atoms. The Bertz CT molecular complexity index is 42.9. The molecule has 10 heavy (non-hydrogen) atoms. The summed E-state index contributed by atoms with van der Waals surface area (Å²) in [5.74, 6) is 0. The summed E-state index contributed by atoms with van der Waals surface area (Å²) in [6.07, 6.45) is 1.18. The predicted octanol–water partition coefficient (Wildman–Crippen LogP) is -1.38. The Morgan fingerprint density at radius 1 is 0.700 bits per heavy atom. The van der Waals surface area contributed by atoms with Gasteiger partial charge in [0.1, 0.15) is 0 Å². The standard InChI is InChI=1S/C6H16N4/c1-2-7-6-8-4-5-10-9-3-1/h7-10H,1-6H2. The Hall–Kier alpha value is -0.160. The molecule has 0 saturated carbocycles. The van der Waals surface area contributed by atoms with E-state index in [0.29, 0.717) is 0 Å². The monoisotopic (exact) mass is 144 g/mol. The van der Waals surface area contributed by atoms with E-state index >= 15 is 0 Å². The fourth-order valence-electron chi connectivity index (χ4n) is 0.895. The molecule has 0 aliphatic carbocycles. The third-order valence-corrected chi connectivity index (χ3v) is 1.46. The van der Waals surface area contributed by atoms with E-state index in [1.807, 2.05) is 0 Å². The minimum absolute atomic E-state index is 0.932. The van der Waals surface area contributed by atoms with Crippen molar-refractivity contribution in [2.75, 3.05) is 32.8 Å². The first kappa shape index (κ1) is 7.94. The van der Waals surface area contributed by atoms with Crippen LogP contribution in [0, 0.1) is 0 Å². The Balaban J connectivity index is 2.00. The van der Waals surface area contributed by atoms with Crippen LogP contribution >= 0.6 is 0 Å². The second-order valence-corrected chi connectivity index (χ2v) is 2.38. The lowest BCUT2D eigenvalue weighted by molar-refractivity contribution is 0.461. The Morgan fingerprint density at radius 2 is 1.50 bits per heavy atom. The van der Waals surface area contributed by atoms with Gasteiger partial charge in [0.15, 0.2) is 0 Å². The van der Waals surface area contributed by atoms with Crippen molar-refractivity contribution >= 4 is 0 Å². The Morgan fingerprint density at radius 3 is 2.50 bits per heavy atom. The summed E-state index contributed by atoms with van der Waals surface area (Å²) in [7, 11) is 0. The normalized spacial score (nSPS) is 24.0. The number of hydrogen-bond donors (Lipinski definition) is 4. The van der Waals surface area contributed by atoms with Gasteiger partial charge in [0.25, 0.3) is 0 Å². The van der Waals surface area contributed by atoms with Crippen LogP contribution in [-0.2, 0) is 0 Å². The lowest BCUT2D eigenvalue weighted by Crippen LogP contribution is -2.42. The van der Waals surface area contributed by atoms with E-state index < -0.39 is 0 Å². The van der Waals surface area contributed by atoms with Gasteiger partial charge >= 0.3 is 0 Å². The van der Waals surface area contributed by atoms with Crippen molar-refractivity contribution in [1.29, 1.82) is 0 Å². The predicted molar refractivity (Wildman–Crippen MR) is 41.5 cm³/mol. The van der Waals surface area contributed by atoms with Crippen molar-refractivity contribution in [3.8, 4) is 0 Å². The molecule has 4 N–H and O–H groups in total. The summed E-state index contributed by atoms with van der Waals surface area (Å²) < 4.78 is 0. The van der Waals surface area contributed by atoms with Crippen LogP contribution in [0.5, 0.6) is 0 Å². The van der Waals surface area contributed by atoms with E-state index in [9.17, 15) is 0 Å². The molecule has 0 spiro atoms. The van der Waals surface area contributed by atoms with Crippen LogP contribution < -0.4 is 21.5 Å². The highest BCUT2D eigenvalue weighted by Crippen LogP contribution is 1.71. The average Bonchev–Trinajstić information content (AvgIpc) is 2.01. The lowest BCUT2D eigenvalue weighted by atomic mass is 10.4. The van der Waals surface area contributed by atoms with Gasteiger partial charge in [0, 0.05) is 26.3 Å². The van der Waals surface area contributed by atoms with E-state index in [4.69, 9.17) is 0 Å². The molecule has 0 aromatic carbocycles. The third-order valence-electron chi connectivity index (χ3n) is 1.46. The first-order valence-electron chi connectivity index (χ1n) is 3.87. The molecule has 4 heteroatoms. The van der Waals surface area contributed by atoms with Crippen LogP contribution in [0.3, 0.4) is 0 Å².